The molecule has 1 aliphatic rings. The number of benzene rings is 1. The van der Waals surface area contributed by atoms with Gasteiger partial charge in [0.1, 0.15) is 11.9 Å². The molecular formula is C16H20ClFN2O2. The average Bonchev–Trinajstić information content (AvgIpc) is 2.98. The van der Waals surface area contributed by atoms with Crippen LogP contribution in [0.2, 0.25) is 5.02 Å². The Morgan fingerprint density at radius 2 is 2.23 bits per heavy atom. The monoisotopic (exact) mass is 326 g/mol. The fraction of sp³-hybridized carbons (Fsp3) is 0.500. The molecule has 0 saturated carbocycles. The Morgan fingerprint density at radius 1 is 1.45 bits per heavy atom. The Balaban J connectivity index is 1.93. The summed E-state index contributed by atoms with van der Waals surface area (Å²) >= 11 is 5.72. The molecule has 0 aliphatic carbocycles. The van der Waals surface area contributed by atoms with Crippen LogP contribution < -0.4 is 5.32 Å². The van der Waals surface area contributed by atoms with E-state index in [2.05, 4.69) is 5.32 Å². The molecule has 1 unspecified atom stereocenters. The van der Waals surface area contributed by atoms with Crippen LogP contribution in [0.3, 0.4) is 0 Å². The summed E-state index contributed by atoms with van der Waals surface area (Å²) in [5, 5.41) is 2.84. The Morgan fingerprint density at radius 3 is 2.91 bits per heavy atom. The Bertz CT molecular complexity index is 565. The highest BCUT2D eigenvalue weighted by molar-refractivity contribution is 6.30. The summed E-state index contributed by atoms with van der Waals surface area (Å²) in [5.74, 6) is -0.615. The zero-order chi connectivity index (χ0) is 16.1. The van der Waals surface area contributed by atoms with E-state index < -0.39 is 11.9 Å². The van der Waals surface area contributed by atoms with Gasteiger partial charge in [-0.15, -0.1) is 0 Å². The van der Waals surface area contributed by atoms with E-state index in [1.165, 1.54) is 12.1 Å². The lowest BCUT2D eigenvalue weighted by Gasteiger charge is -2.24. The zero-order valence-corrected chi connectivity index (χ0v) is 13.3. The molecule has 1 saturated heterocycles. The van der Waals surface area contributed by atoms with Crippen molar-refractivity contribution in [2.24, 2.45) is 0 Å². The number of halogens is 2. The number of nitrogens with zero attached hydrogens (tertiary/aromatic N) is 1. The normalized spacial score (nSPS) is 17.6. The molecule has 6 heteroatoms. The minimum Gasteiger partial charge on any atom is -0.350 e. The summed E-state index contributed by atoms with van der Waals surface area (Å²) in [4.78, 5) is 25.9. The van der Waals surface area contributed by atoms with Crippen LogP contribution in [-0.2, 0) is 16.1 Å². The van der Waals surface area contributed by atoms with Gasteiger partial charge < -0.3 is 10.2 Å². The third kappa shape index (κ3) is 3.97. The number of carbonyl (C=O) groups excluding carboxylic acids is 2. The van der Waals surface area contributed by atoms with Crippen molar-refractivity contribution >= 4 is 23.4 Å². The SMILES string of the molecule is CCCC(=O)N1CCCC1C(=O)NCc1ccc(F)c(Cl)c1. The molecule has 1 aromatic carbocycles. The lowest BCUT2D eigenvalue weighted by Crippen LogP contribution is -2.45. The van der Waals surface area contributed by atoms with Crippen molar-refractivity contribution < 1.29 is 14.0 Å². The number of rotatable bonds is 5. The molecule has 1 atom stereocenters. The maximum Gasteiger partial charge on any atom is 0.243 e. The molecule has 1 fully saturated rings. The van der Waals surface area contributed by atoms with Crippen LogP contribution in [0.25, 0.3) is 0 Å². The van der Waals surface area contributed by atoms with E-state index in [0.29, 0.717) is 19.4 Å². The second-order valence-corrected chi connectivity index (χ2v) is 5.87. The van der Waals surface area contributed by atoms with Gasteiger partial charge in [-0.25, -0.2) is 4.39 Å². The van der Waals surface area contributed by atoms with E-state index in [1.807, 2.05) is 6.92 Å². The fourth-order valence-corrected chi connectivity index (χ4v) is 2.85. The summed E-state index contributed by atoms with van der Waals surface area (Å²) in [7, 11) is 0. The Labute approximate surface area is 134 Å². The number of hydrogen-bond donors (Lipinski definition) is 1. The van der Waals surface area contributed by atoms with Crippen LogP contribution in [0.4, 0.5) is 4.39 Å². The third-order valence-electron chi connectivity index (χ3n) is 3.79. The van der Waals surface area contributed by atoms with Gasteiger partial charge in [0.15, 0.2) is 0 Å². The number of carbonyl (C=O) groups is 2. The van der Waals surface area contributed by atoms with Crippen molar-refractivity contribution in [2.45, 2.75) is 45.2 Å². The highest BCUT2D eigenvalue weighted by Gasteiger charge is 2.33. The topological polar surface area (TPSA) is 49.4 Å². The third-order valence-corrected chi connectivity index (χ3v) is 4.08. The maximum absolute atomic E-state index is 13.1. The maximum atomic E-state index is 13.1. The minimum absolute atomic E-state index is 0.0324. The molecule has 4 nitrogen and oxygen atoms in total. The first kappa shape index (κ1) is 16.7. The second kappa shape index (κ2) is 7.58. The summed E-state index contributed by atoms with van der Waals surface area (Å²) in [6, 6.07) is 3.95. The molecule has 0 spiro atoms. The van der Waals surface area contributed by atoms with Crippen molar-refractivity contribution in [3.8, 4) is 0 Å². The van der Waals surface area contributed by atoms with Crippen LogP contribution >= 0.6 is 11.6 Å². The van der Waals surface area contributed by atoms with Crippen LogP contribution in [0, 0.1) is 5.82 Å². The molecule has 1 aromatic rings. The molecule has 2 amide bonds. The standard InChI is InChI=1S/C16H20ClFN2O2/c1-2-4-15(21)20-8-3-5-14(20)16(22)19-10-11-6-7-13(18)12(17)9-11/h6-7,9,14H,2-5,8,10H2,1H3,(H,19,22). The van der Waals surface area contributed by atoms with E-state index in [1.54, 1.807) is 11.0 Å². The zero-order valence-electron chi connectivity index (χ0n) is 12.6. The van der Waals surface area contributed by atoms with Gasteiger partial charge in [-0.1, -0.05) is 24.6 Å². The van der Waals surface area contributed by atoms with E-state index in [9.17, 15) is 14.0 Å². The smallest absolute Gasteiger partial charge is 0.243 e. The van der Waals surface area contributed by atoms with Gasteiger partial charge in [-0.2, -0.15) is 0 Å². The summed E-state index contributed by atoms with van der Waals surface area (Å²) in [6.45, 7) is 2.85. The quantitative estimate of drug-likeness (QED) is 0.904. The molecule has 0 bridgehead atoms. The summed E-state index contributed by atoms with van der Waals surface area (Å²) in [5.41, 5.74) is 0.726. The number of amides is 2. The van der Waals surface area contributed by atoms with Crippen LogP contribution in [0.5, 0.6) is 0 Å². The van der Waals surface area contributed by atoms with Gasteiger partial charge >= 0.3 is 0 Å². The van der Waals surface area contributed by atoms with Crippen molar-refractivity contribution in [1.29, 1.82) is 0 Å². The Kier molecular flexibility index (Phi) is 5.77. The van der Waals surface area contributed by atoms with Gasteiger partial charge in [0.2, 0.25) is 11.8 Å². The highest BCUT2D eigenvalue weighted by Crippen LogP contribution is 2.20. The average molecular weight is 327 g/mol. The molecule has 1 aliphatic heterocycles. The van der Waals surface area contributed by atoms with E-state index in [-0.39, 0.29) is 23.4 Å². The second-order valence-electron chi connectivity index (χ2n) is 5.46. The largest absolute Gasteiger partial charge is 0.350 e. The molecule has 0 aromatic heterocycles. The Hall–Kier alpha value is -1.62. The first-order valence-corrected chi connectivity index (χ1v) is 7.91. The minimum atomic E-state index is -0.483. The number of likely N-dealkylation sites (tertiary alicyclic amines) is 1. The van der Waals surface area contributed by atoms with Gasteiger partial charge in [0.25, 0.3) is 0 Å². The van der Waals surface area contributed by atoms with Gasteiger partial charge in [0, 0.05) is 19.5 Å². The van der Waals surface area contributed by atoms with Crippen molar-refractivity contribution in [1.82, 2.24) is 10.2 Å². The van der Waals surface area contributed by atoms with E-state index >= 15 is 0 Å². The van der Waals surface area contributed by atoms with Crippen LogP contribution in [0.1, 0.15) is 38.2 Å². The van der Waals surface area contributed by atoms with E-state index in [4.69, 9.17) is 11.6 Å². The molecular weight excluding hydrogens is 307 g/mol. The predicted molar refractivity (Wildman–Crippen MR) is 82.9 cm³/mol. The first-order valence-electron chi connectivity index (χ1n) is 7.54. The van der Waals surface area contributed by atoms with Crippen LogP contribution in [-0.4, -0.2) is 29.3 Å². The molecule has 120 valence electrons. The van der Waals surface area contributed by atoms with Gasteiger partial charge in [-0.05, 0) is 37.0 Å². The molecule has 1 heterocycles. The summed E-state index contributed by atoms with van der Waals surface area (Å²) < 4.78 is 13.1. The van der Waals surface area contributed by atoms with Gasteiger partial charge in [0.05, 0.1) is 5.02 Å². The highest BCUT2D eigenvalue weighted by atomic mass is 35.5. The first-order chi connectivity index (χ1) is 10.5. The van der Waals surface area contributed by atoms with Crippen LogP contribution in [0.15, 0.2) is 18.2 Å². The van der Waals surface area contributed by atoms with Crippen molar-refractivity contribution in [3.63, 3.8) is 0 Å². The molecule has 22 heavy (non-hydrogen) atoms. The number of nitrogens with one attached hydrogen (secondary N) is 1. The predicted octanol–water partition coefficient (Wildman–Crippen LogP) is 2.89. The fourth-order valence-electron chi connectivity index (χ4n) is 2.65. The summed E-state index contributed by atoms with van der Waals surface area (Å²) in [6.07, 6.45) is 2.77. The lowest BCUT2D eigenvalue weighted by molar-refractivity contribution is -0.138. The number of hydrogen-bond acceptors (Lipinski definition) is 2. The molecule has 0 radical (unpaired) electrons. The van der Waals surface area contributed by atoms with Gasteiger partial charge in [-0.3, -0.25) is 9.59 Å². The lowest BCUT2D eigenvalue weighted by atomic mass is 10.1. The van der Waals surface area contributed by atoms with Crippen molar-refractivity contribution in [2.75, 3.05) is 6.54 Å². The molecule has 2 rings (SSSR count). The van der Waals surface area contributed by atoms with Crippen molar-refractivity contribution in [3.05, 3.63) is 34.6 Å². The van der Waals surface area contributed by atoms with E-state index in [0.717, 1.165) is 18.4 Å². The molecule has 1 N–H and O–H groups in total.